The zero-order valence-corrected chi connectivity index (χ0v) is 14.6. The second-order valence-corrected chi connectivity index (χ2v) is 8.32. The molecule has 0 aliphatic carbocycles. The highest BCUT2D eigenvalue weighted by atomic mass is 32.2. The third-order valence-corrected chi connectivity index (χ3v) is 6.33. The van der Waals surface area contributed by atoms with Crippen molar-refractivity contribution in [2.45, 2.75) is 25.7 Å². The molecule has 140 valence electrons. The van der Waals surface area contributed by atoms with Gasteiger partial charge in [-0.1, -0.05) is 30.3 Å². The molecule has 26 heavy (non-hydrogen) atoms. The highest BCUT2D eigenvalue weighted by Crippen LogP contribution is 2.33. The fourth-order valence-corrected chi connectivity index (χ4v) is 4.55. The van der Waals surface area contributed by atoms with Crippen molar-refractivity contribution in [2.24, 2.45) is 0 Å². The molecule has 2 aromatic rings. The van der Waals surface area contributed by atoms with E-state index in [1.165, 1.54) is 10.4 Å². The molecule has 0 amide bonds. The van der Waals surface area contributed by atoms with Gasteiger partial charge in [-0.3, -0.25) is 0 Å². The molecule has 1 heterocycles. The summed E-state index contributed by atoms with van der Waals surface area (Å²) in [4.78, 5) is 0. The number of sulfonamides is 1. The van der Waals surface area contributed by atoms with E-state index in [2.05, 4.69) is 0 Å². The van der Waals surface area contributed by atoms with Crippen LogP contribution in [0.1, 0.15) is 23.1 Å². The SMILES string of the molecule is O=S1(=O)CCCN1Cc1ccc(-c2ccc(C(F)(F)F)cc2CO)cc1. The van der Waals surface area contributed by atoms with Crippen LogP contribution in [0.4, 0.5) is 13.2 Å². The van der Waals surface area contributed by atoms with E-state index in [9.17, 15) is 26.7 Å². The Hall–Kier alpha value is -1.90. The molecule has 0 aromatic heterocycles. The topological polar surface area (TPSA) is 57.6 Å². The molecule has 4 nitrogen and oxygen atoms in total. The van der Waals surface area contributed by atoms with Crippen LogP contribution < -0.4 is 0 Å². The van der Waals surface area contributed by atoms with Crippen LogP contribution in [-0.2, 0) is 29.4 Å². The van der Waals surface area contributed by atoms with Gasteiger partial charge in [0.15, 0.2) is 0 Å². The standard InChI is InChI=1S/C18H18F3NO3S/c19-18(20,21)16-6-7-17(15(10-16)12-23)14-4-2-13(3-5-14)11-22-8-1-9-26(22,24)25/h2-7,10,23H,1,8-9,11-12H2. The second kappa shape index (κ2) is 7.02. The molecule has 0 unspecified atom stereocenters. The maximum absolute atomic E-state index is 12.8. The second-order valence-electron chi connectivity index (χ2n) is 6.23. The Morgan fingerprint density at radius 2 is 1.77 bits per heavy atom. The predicted octanol–water partition coefficient (Wildman–Crippen LogP) is 3.40. The summed E-state index contributed by atoms with van der Waals surface area (Å²) < 4.78 is 63.6. The average Bonchev–Trinajstić information content (AvgIpc) is 2.92. The summed E-state index contributed by atoms with van der Waals surface area (Å²) in [5, 5.41) is 9.43. The number of hydrogen-bond donors (Lipinski definition) is 1. The van der Waals surface area contributed by atoms with Crippen molar-refractivity contribution in [3.63, 3.8) is 0 Å². The Morgan fingerprint density at radius 3 is 2.31 bits per heavy atom. The summed E-state index contributed by atoms with van der Waals surface area (Å²) in [5.41, 5.74) is 1.36. The summed E-state index contributed by atoms with van der Waals surface area (Å²) in [7, 11) is -3.18. The van der Waals surface area contributed by atoms with Crippen LogP contribution in [-0.4, -0.2) is 30.1 Å². The van der Waals surface area contributed by atoms with E-state index in [1.54, 1.807) is 24.3 Å². The lowest BCUT2D eigenvalue weighted by molar-refractivity contribution is -0.137. The Morgan fingerprint density at radius 1 is 1.08 bits per heavy atom. The summed E-state index contributed by atoms with van der Waals surface area (Å²) in [5.74, 6) is 0.163. The Bertz CT molecular complexity index is 893. The number of halogens is 3. The van der Waals surface area contributed by atoms with Crippen molar-refractivity contribution in [1.82, 2.24) is 4.31 Å². The molecule has 1 aliphatic heterocycles. The summed E-state index contributed by atoms with van der Waals surface area (Å²) >= 11 is 0. The van der Waals surface area contributed by atoms with Gasteiger partial charge in [-0.2, -0.15) is 17.5 Å². The number of benzene rings is 2. The normalized spacial score (nSPS) is 17.5. The van der Waals surface area contributed by atoms with E-state index >= 15 is 0 Å². The van der Waals surface area contributed by atoms with Crippen molar-refractivity contribution in [3.05, 3.63) is 59.2 Å². The van der Waals surface area contributed by atoms with Gasteiger partial charge >= 0.3 is 6.18 Å². The lowest BCUT2D eigenvalue weighted by atomic mass is 9.97. The van der Waals surface area contributed by atoms with E-state index in [-0.39, 0.29) is 17.9 Å². The zero-order chi connectivity index (χ0) is 18.9. The van der Waals surface area contributed by atoms with Crippen LogP contribution in [0.3, 0.4) is 0 Å². The van der Waals surface area contributed by atoms with Gasteiger partial charge in [0.2, 0.25) is 10.0 Å². The van der Waals surface area contributed by atoms with Gasteiger partial charge in [0, 0.05) is 13.1 Å². The Balaban J connectivity index is 1.84. The Labute approximate surface area is 149 Å². The summed E-state index contributed by atoms with van der Waals surface area (Å²) in [6.07, 6.45) is -3.85. The zero-order valence-electron chi connectivity index (χ0n) is 13.8. The van der Waals surface area contributed by atoms with E-state index in [1.807, 2.05) is 0 Å². The van der Waals surface area contributed by atoms with Crippen LogP contribution in [0.2, 0.25) is 0 Å². The van der Waals surface area contributed by atoms with Crippen LogP contribution in [0, 0.1) is 0 Å². The molecule has 1 fully saturated rings. The molecule has 0 saturated carbocycles. The molecular weight excluding hydrogens is 367 g/mol. The van der Waals surface area contributed by atoms with Gasteiger partial charge < -0.3 is 5.11 Å². The number of aliphatic hydroxyl groups excluding tert-OH is 1. The average molecular weight is 385 g/mol. The minimum atomic E-state index is -4.46. The predicted molar refractivity (Wildman–Crippen MR) is 91.6 cm³/mol. The molecule has 1 N–H and O–H groups in total. The van der Waals surface area contributed by atoms with Gasteiger partial charge in [0.25, 0.3) is 0 Å². The van der Waals surface area contributed by atoms with E-state index in [0.29, 0.717) is 24.1 Å². The van der Waals surface area contributed by atoms with E-state index in [4.69, 9.17) is 0 Å². The third kappa shape index (κ3) is 3.92. The first-order valence-electron chi connectivity index (χ1n) is 8.09. The number of rotatable bonds is 4. The van der Waals surface area contributed by atoms with E-state index in [0.717, 1.165) is 17.7 Å². The molecule has 0 bridgehead atoms. The molecule has 3 rings (SSSR count). The van der Waals surface area contributed by atoms with Crippen molar-refractivity contribution in [2.75, 3.05) is 12.3 Å². The molecule has 2 aromatic carbocycles. The van der Waals surface area contributed by atoms with Gasteiger partial charge in [0.05, 0.1) is 17.9 Å². The first-order chi connectivity index (χ1) is 12.2. The monoisotopic (exact) mass is 385 g/mol. The number of hydrogen-bond acceptors (Lipinski definition) is 3. The van der Waals surface area contributed by atoms with Crippen LogP contribution in [0.25, 0.3) is 11.1 Å². The highest BCUT2D eigenvalue weighted by molar-refractivity contribution is 7.89. The summed E-state index contributed by atoms with van der Waals surface area (Å²) in [6.45, 7) is 0.271. The molecule has 0 atom stereocenters. The van der Waals surface area contributed by atoms with Crippen LogP contribution >= 0.6 is 0 Å². The fraction of sp³-hybridized carbons (Fsp3) is 0.333. The fourth-order valence-electron chi connectivity index (χ4n) is 3.04. The van der Waals surface area contributed by atoms with Crippen molar-refractivity contribution < 1.29 is 26.7 Å². The van der Waals surface area contributed by atoms with Gasteiger partial charge in [0.1, 0.15) is 0 Å². The minimum Gasteiger partial charge on any atom is -0.392 e. The van der Waals surface area contributed by atoms with Crippen molar-refractivity contribution in [1.29, 1.82) is 0 Å². The van der Waals surface area contributed by atoms with Gasteiger partial charge in [-0.05, 0) is 40.8 Å². The quantitative estimate of drug-likeness (QED) is 0.878. The number of aliphatic hydroxyl groups is 1. The first-order valence-corrected chi connectivity index (χ1v) is 9.70. The summed E-state index contributed by atoms with van der Waals surface area (Å²) in [6, 6.07) is 10.2. The molecule has 1 aliphatic rings. The lowest BCUT2D eigenvalue weighted by Crippen LogP contribution is -2.25. The molecule has 8 heteroatoms. The van der Waals surface area contributed by atoms with Crippen molar-refractivity contribution in [3.8, 4) is 11.1 Å². The highest BCUT2D eigenvalue weighted by Gasteiger charge is 2.31. The molecule has 0 spiro atoms. The first kappa shape index (κ1) is 18.9. The molecule has 1 saturated heterocycles. The molecular formula is C18H18F3NO3S. The van der Waals surface area contributed by atoms with Crippen LogP contribution in [0.5, 0.6) is 0 Å². The number of alkyl halides is 3. The Kier molecular flexibility index (Phi) is 5.09. The van der Waals surface area contributed by atoms with Gasteiger partial charge in [-0.25, -0.2) is 8.42 Å². The minimum absolute atomic E-state index is 0.163. The largest absolute Gasteiger partial charge is 0.416 e. The smallest absolute Gasteiger partial charge is 0.392 e. The van der Waals surface area contributed by atoms with E-state index < -0.39 is 28.4 Å². The van der Waals surface area contributed by atoms with Crippen molar-refractivity contribution >= 4 is 10.0 Å². The molecule has 0 radical (unpaired) electrons. The maximum atomic E-state index is 12.8. The van der Waals surface area contributed by atoms with Gasteiger partial charge in [-0.15, -0.1) is 0 Å². The maximum Gasteiger partial charge on any atom is 0.416 e. The lowest BCUT2D eigenvalue weighted by Gasteiger charge is -2.15. The number of nitrogens with zero attached hydrogens (tertiary/aromatic N) is 1. The van der Waals surface area contributed by atoms with Crippen LogP contribution in [0.15, 0.2) is 42.5 Å². The third-order valence-electron chi connectivity index (χ3n) is 4.43.